The molecule has 0 spiro atoms. The summed E-state index contributed by atoms with van der Waals surface area (Å²) < 4.78 is 31.9. The van der Waals surface area contributed by atoms with Crippen molar-refractivity contribution in [3.05, 3.63) is 0 Å². The molecule has 0 bridgehead atoms. The minimum atomic E-state index is -3.97. The number of hydrogen-bond acceptors (Lipinski definition) is 4. The Bertz CT molecular complexity index is 352. The van der Waals surface area contributed by atoms with Crippen molar-refractivity contribution in [3.8, 4) is 0 Å². The predicted octanol–water partition coefficient (Wildman–Crippen LogP) is 1.36. The summed E-state index contributed by atoms with van der Waals surface area (Å²) in [5, 5.41) is 0. The zero-order chi connectivity index (χ0) is 13.7. The van der Waals surface area contributed by atoms with E-state index in [0.29, 0.717) is 6.42 Å². The van der Waals surface area contributed by atoms with Crippen molar-refractivity contribution in [3.63, 3.8) is 0 Å². The first-order valence-electron chi connectivity index (χ1n) is 5.22. The van der Waals surface area contributed by atoms with Gasteiger partial charge in [0.1, 0.15) is 0 Å². The largest absolute Gasteiger partial charge is 0.446 e. The number of nitrogens with one attached hydrogen (secondary N) is 2. The number of alkyl halides is 1. The molecule has 0 aliphatic heterocycles. The first-order valence-corrected chi connectivity index (χ1v) is 7.24. The van der Waals surface area contributed by atoms with Crippen LogP contribution in [0.15, 0.2) is 0 Å². The van der Waals surface area contributed by atoms with Gasteiger partial charge in [-0.25, -0.2) is 9.52 Å². The van der Waals surface area contributed by atoms with Crippen molar-refractivity contribution in [2.75, 3.05) is 5.88 Å². The van der Waals surface area contributed by atoms with E-state index in [1.807, 2.05) is 0 Å². The molecule has 0 radical (unpaired) electrons. The van der Waals surface area contributed by atoms with Gasteiger partial charge in [-0.15, -0.1) is 11.6 Å². The highest BCUT2D eigenvalue weighted by molar-refractivity contribution is 7.88. The Labute approximate surface area is 107 Å². The highest BCUT2D eigenvalue weighted by Gasteiger charge is 2.28. The van der Waals surface area contributed by atoms with Gasteiger partial charge >= 0.3 is 16.3 Å². The summed E-state index contributed by atoms with van der Waals surface area (Å²) in [6.45, 7) is 6.67. The van der Waals surface area contributed by atoms with E-state index < -0.39 is 27.9 Å². The third-order valence-electron chi connectivity index (χ3n) is 2.02. The molecule has 1 amide bonds. The maximum atomic E-state index is 11.6. The van der Waals surface area contributed by atoms with E-state index in [0.717, 1.165) is 0 Å². The van der Waals surface area contributed by atoms with Gasteiger partial charge in [-0.3, -0.25) is 0 Å². The van der Waals surface area contributed by atoms with Crippen LogP contribution in [0, 0.1) is 0 Å². The molecule has 0 aromatic carbocycles. The van der Waals surface area contributed by atoms with Crippen LogP contribution in [0.1, 0.15) is 34.1 Å². The number of amides is 1. The van der Waals surface area contributed by atoms with Gasteiger partial charge in [0.15, 0.2) is 0 Å². The van der Waals surface area contributed by atoms with Gasteiger partial charge in [-0.2, -0.15) is 13.1 Å². The first-order chi connectivity index (χ1) is 7.64. The Balaban J connectivity index is 4.55. The van der Waals surface area contributed by atoms with E-state index in [2.05, 4.69) is 9.46 Å². The van der Waals surface area contributed by atoms with Gasteiger partial charge in [0.2, 0.25) is 0 Å². The van der Waals surface area contributed by atoms with Crippen LogP contribution < -0.4 is 9.44 Å². The molecule has 0 rings (SSSR count). The highest BCUT2D eigenvalue weighted by atomic mass is 35.5. The lowest BCUT2D eigenvalue weighted by Crippen LogP contribution is -2.52. The van der Waals surface area contributed by atoms with Crippen molar-refractivity contribution < 1.29 is 17.9 Å². The average Bonchev–Trinajstić information content (AvgIpc) is 2.14. The Hall–Kier alpha value is -0.530. The summed E-state index contributed by atoms with van der Waals surface area (Å²) in [5.74, 6) is 0.101. The molecular formula is C9H19ClN2O4S. The van der Waals surface area contributed by atoms with E-state index >= 15 is 0 Å². The maximum absolute atomic E-state index is 11.6. The van der Waals surface area contributed by atoms with Crippen LogP contribution in [0.2, 0.25) is 0 Å². The lowest BCUT2D eigenvalue weighted by atomic mass is 10.0. The van der Waals surface area contributed by atoms with E-state index in [9.17, 15) is 13.2 Å². The fourth-order valence-electron chi connectivity index (χ4n) is 0.892. The topological polar surface area (TPSA) is 84.5 Å². The lowest BCUT2D eigenvalue weighted by Gasteiger charge is -2.26. The molecule has 2 N–H and O–H groups in total. The van der Waals surface area contributed by atoms with E-state index in [4.69, 9.17) is 11.6 Å². The van der Waals surface area contributed by atoms with Crippen LogP contribution in [0.5, 0.6) is 0 Å². The smallest absolute Gasteiger partial charge is 0.422 e. The molecule has 8 heteroatoms. The second kappa shape index (κ2) is 6.42. The van der Waals surface area contributed by atoms with Gasteiger partial charge in [0.05, 0.1) is 6.10 Å². The molecule has 0 aliphatic carbocycles. The van der Waals surface area contributed by atoms with Crippen LogP contribution in [-0.4, -0.2) is 32.0 Å². The molecule has 6 nitrogen and oxygen atoms in total. The summed E-state index contributed by atoms with van der Waals surface area (Å²) in [5.41, 5.74) is -0.800. The number of ether oxygens (including phenoxy) is 1. The number of carbonyl (C=O) groups is 1. The zero-order valence-electron chi connectivity index (χ0n) is 10.4. The molecule has 1 unspecified atom stereocenters. The Kier molecular flexibility index (Phi) is 6.22. The summed E-state index contributed by atoms with van der Waals surface area (Å²) in [4.78, 5) is 11.1. The summed E-state index contributed by atoms with van der Waals surface area (Å²) in [7, 11) is -3.97. The second-order valence-corrected chi connectivity index (χ2v) is 5.89. The third-order valence-corrected chi connectivity index (χ3v) is 3.80. The van der Waals surface area contributed by atoms with Crippen molar-refractivity contribution >= 4 is 27.9 Å². The van der Waals surface area contributed by atoms with Gasteiger partial charge in [0, 0.05) is 11.4 Å². The Morgan fingerprint density at radius 1 is 1.47 bits per heavy atom. The second-order valence-electron chi connectivity index (χ2n) is 4.21. The zero-order valence-corrected chi connectivity index (χ0v) is 12.0. The molecule has 17 heavy (non-hydrogen) atoms. The monoisotopic (exact) mass is 286 g/mol. The quantitative estimate of drug-likeness (QED) is 0.722. The van der Waals surface area contributed by atoms with Crippen molar-refractivity contribution in [1.29, 1.82) is 0 Å². The number of carbonyl (C=O) groups excluding carboxylic acids is 1. The molecule has 0 aliphatic rings. The van der Waals surface area contributed by atoms with Crippen LogP contribution in [0.25, 0.3) is 0 Å². The summed E-state index contributed by atoms with van der Waals surface area (Å²) in [6.07, 6.45) is -0.910. The Morgan fingerprint density at radius 2 is 2.00 bits per heavy atom. The molecular weight excluding hydrogens is 268 g/mol. The fraction of sp³-hybridized carbons (Fsp3) is 0.889. The molecule has 0 fully saturated rings. The molecule has 0 heterocycles. The maximum Gasteiger partial charge on any atom is 0.422 e. The number of hydrogen-bond donors (Lipinski definition) is 2. The fourth-order valence-corrected chi connectivity index (χ4v) is 2.41. The van der Waals surface area contributed by atoms with Gasteiger partial charge in [-0.1, -0.05) is 6.92 Å². The van der Waals surface area contributed by atoms with Crippen LogP contribution in [0.3, 0.4) is 0 Å². The molecule has 0 saturated heterocycles. The van der Waals surface area contributed by atoms with Crippen LogP contribution >= 0.6 is 11.6 Å². The van der Waals surface area contributed by atoms with Crippen molar-refractivity contribution in [1.82, 2.24) is 9.44 Å². The first kappa shape index (κ1) is 16.5. The van der Waals surface area contributed by atoms with E-state index in [-0.39, 0.29) is 5.88 Å². The normalized spacial score (nSPS) is 15.4. The van der Waals surface area contributed by atoms with E-state index in [1.165, 1.54) is 0 Å². The van der Waals surface area contributed by atoms with Crippen LogP contribution in [0.4, 0.5) is 4.79 Å². The predicted molar refractivity (Wildman–Crippen MR) is 66.2 cm³/mol. The summed E-state index contributed by atoms with van der Waals surface area (Å²) >= 11 is 5.66. The summed E-state index contributed by atoms with van der Waals surface area (Å²) in [6, 6.07) is 0. The minimum absolute atomic E-state index is 0.101. The molecule has 0 aromatic rings. The molecule has 0 aromatic heterocycles. The van der Waals surface area contributed by atoms with Gasteiger partial charge in [0.25, 0.3) is 0 Å². The lowest BCUT2D eigenvalue weighted by molar-refractivity contribution is 0.121. The third kappa shape index (κ3) is 6.70. The Morgan fingerprint density at radius 3 is 2.35 bits per heavy atom. The molecule has 0 saturated carbocycles. The van der Waals surface area contributed by atoms with Gasteiger partial charge < -0.3 is 4.74 Å². The van der Waals surface area contributed by atoms with Crippen molar-refractivity contribution in [2.45, 2.75) is 45.8 Å². The van der Waals surface area contributed by atoms with Crippen LogP contribution in [-0.2, 0) is 14.9 Å². The molecule has 102 valence electrons. The average molecular weight is 287 g/mol. The SMILES string of the molecule is CCC(C)(CCl)NS(=O)(=O)NC(=O)OC(C)C. The highest BCUT2D eigenvalue weighted by Crippen LogP contribution is 2.12. The van der Waals surface area contributed by atoms with Gasteiger partial charge in [-0.05, 0) is 27.2 Å². The standard InChI is InChI=1S/C9H19ClN2O4S/c1-5-9(4,6-10)12-17(14,15)11-8(13)16-7(2)3/h7,12H,5-6H2,1-4H3,(H,11,13). The molecule has 1 atom stereocenters. The number of halogens is 1. The van der Waals surface area contributed by atoms with E-state index in [1.54, 1.807) is 32.4 Å². The van der Waals surface area contributed by atoms with Crippen molar-refractivity contribution in [2.24, 2.45) is 0 Å². The number of rotatable bonds is 6. The minimum Gasteiger partial charge on any atom is -0.446 e.